The lowest BCUT2D eigenvalue weighted by atomic mass is 9.98. The monoisotopic (exact) mass is 328 g/mol. The standard InChI is InChI=1S/C16H10F2N4O2/c17-12-4-2-1-3-10(12)15-11(9-5-6-20-8-13(9)18)7-14(22(23)24)16(19)21-15/h1-8H,(H2,19,21). The maximum atomic E-state index is 14.1. The first-order valence-electron chi connectivity index (χ1n) is 6.78. The first-order chi connectivity index (χ1) is 11.5. The summed E-state index contributed by atoms with van der Waals surface area (Å²) in [6.07, 6.45) is 2.29. The van der Waals surface area contributed by atoms with Crippen LogP contribution in [0.2, 0.25) is 0 Å². The zero-order chi connectivity index (χ0) is 17.3. The molecule has 3 rings (SSSR count). The highest BCUT2D eigenvalue weighted by atomic mass is 19.1. The predicted octanol–water partition coefficient (Wildman–Crippen LogP) is 3.58. The van der Waals surface area contributed by atoms with Crippen LogP contribution in [0, 0.1) is 21.7 Å². The van der Waals surface area contributed by atoms with Crippen molar-refractivity contribution in [3.8, 4) is 22.4 Å². The molecule has 1 aromatic carbocycles. The highest BCUT2D eigenvalue weighted by Gasteiger charge is 2.22. The Morgan fingerprint density at radius 1 is 1.04 bits per heavy atom. The van der Waals surface area contributed by atoms with Crippen molar-refractivity contribution >= 4 is 11.5 Å². The van der Waals surface area contributed by atoms with E-state index >= 15 is 0 Å². The van der Waals surface area contributed by atoms with Crippen molar-refractivity contribution in [1.29, 1.82) is 0 Å². The summed E-state index contributed by atoms with van der Waals surface area (Å²) in [5.41, 5.74) is 5.27. The van der Waals surface area contributed by atoms with Crippen LogP contribution in [-0.2, 0) is 0 Å². The van der Waals surface area contributed by atoms with Crippen LogP contribution in [0.4, 0.5) is 20.3 Å². The van der Waals surface area contributed by atoms with Crippen molar-refractivity contribution in [3.63, 3.8) is 0 Å². The number of aromatic nitrogens is 2. The zero-order valence-electron chi connectivity index (χ0n) is 12.1. The molecule has 120 valence electrons. The number of hydrogen-bond donors (Lipinski definition) is 1. The van der Waals surface area contributed by atoms with Gasteiger partial charge in [-0.15, -0.1) is 0 Å². The number of benzene rings is 1. The molecular weight excluding hydrogens is 318 g/mol. The third-order valence-electron chi connectivity index (χ3n) is 3.42. The quantitative estimate of drug-likeness (QED) is 0.586. The zero-order valence-corrected chi connectivity index (χ0v) is 12.1. The van der Waals surface area contributed by atoms with E-state index in [9.17, 15) is 18.9 Å². The number of nitrogens with zero attached hydrogens (tertiary/aromatic N) is 3. The molecule has 0 unspecified atom stereocenters. The summed E-state index contributed by atoms with van der Waals surface area (Å²) in [5, 5.41) is 11.1. The van der Waals surface area contributed by atoms with Gasteiger partial charge in [-0.25, -0.2) is 13.8 Å². The molecule has 0 saturated heterocycles. The van der Waals surface area contributed by atoms with Crippen molar-refractivity contribution in [2.45, 2.75) is 0 Å². The fraction of sp³-hybridized carbons (Fsp3) is 0. The van der Waals surface area contributed by atoms with Crippen LogP contribution < -0.4 is 5.73 Å². The Hall–Kier alpha value is -3.42. The molecule has 0 bridgehead atoms. The molecular formula is C16H10F2N4O2. The fourth-order valence-electron chi connectivity index (χ4n) is 2.32. The SMILES string of the molecule is Nc1nc(-c2ccccc2F)c(-c2ccncc2F)cc1[N+](=O)[O-]. The van der Waals surface area contributed by atoms with E-state index in [1.807, 2.05) is 0 Å². The van der Waals surface area contributed by atoms with Crippen LogP contribution in [-0.4, -0.2) is 14.9 Å². The number of nitrogens with two attached hydrogens (primary N) is 1. The third-order valence-corrected chi connectivity index (χ3v) is 3.42. The van der Waals surface area contributed by atoms with Gasteiger partial charge in [0.2, 0.25) is 5.82 Å². The van der Waals surface area contributed by atoms with E-state index in [-0.39, 0.29) is 28.2 Å². The molecule has 3 aromatic rings. The summed E-state index contributed by atoms with van der Waals surface area (Å²) < 4.78 is 28.3. The van der Waals surface area contributed by atoms with Crippen molar-refractivity contribution in [2.24, 2.45) is 0 Å². The molecule has 0 radical (unpaired) electrons. The third kappa shape index (κ3) is 2.65. The minimum Gasteiger partial charge on any atom is -0.378 e. The topological polar surface area (TPSA) is 94.9 Å². The number of halogens is 2. The summed E-state index contributed by atoms with van der Waals surface area (Å²) in [4.78, 5) is 18.0. The van der Waals surface area contributed by atoms with Crippen molar-refractivity contribution in [2.75, 3.05) is 5.73 Å². The van der Waals surface area contributed by atoms with E-state index in [0.717, 1.165) is 12.3 Å². The minimum atomic E-state index is -0.726. The molecule has 0 atom stereocenters. The van der Waals surface area contributed by atoms with E-state index in [1.54, 1.807) is 6.07 Å². The van der Waals surface area contributed by atoms with Gasteiger partial charge < -0.3 is 5.73 Å². The highest BCUT2D eigenvalue weighted by molar-refractivity contribution is 5.84. The van der Waals surface area contributed by atoms with Gasteiger partial charge in [-0.05, 0) is 18.2 Å². The Balaban J connectivity index is 2.37. The second kappa shape index (κ2) is 5.99. The fourth-order valence-corrected chi connectivity index (χ4v) is 2.32. The average molecular weight is 328 g/mol. The lowest BCUT2D eigenvalue weighted by Crippen LogP contribution is -2.03. The number of anilines is 1. The summed E-state index contributed by atoms with van der Waals surface area (Å²) in [5.74, 6) is -1.69. The summed E-state index contributed by atoms with van der Waals surface area (Å²) >= 11 is 0. The molecule has 2 aromatic heterocycles. The van der Waals surface area contributed by atoms with Crippen LogP contribution in [0.5, 0.6) is 0 Å². The molecule has 0 aliphatic heterocycles. The van der Waals surface area contributed by atoms with Gasteiger partial charge in [-0.2, -0.15) is 0 Å². The number of nitrogen functional groups attached to an aromatic ring is 1. The summed E-state index contributed by atoms with van der Waals surface area (Å²) in [6, 6.07) is 8.12. The van der Waals surface area contributed by atoms with Gasteiger partial charge in [0.1, 0.15) is 11.6 Å². The molecule has 2 heterocycles. The summed E-state index contributed by atoms with van der Waals surface area (Å²) in [7, 11) is 0. The van der Waals surface area contributed by atoms with Crippen molar-refractivity contribution in [3.05, 3.63) is 70.5 Å². The summed E-state index contributed by atoms with van der Waals surface area (Å²) in [6.45, 7) is 0. The van der Waals surface area contributed by atoms with Gasteiger partial charge in [-0.1, -0.05) is 12.1 Å². The molecule has 0 aliphatic rings. The molecule has 0 saturated carbocycles. The first kappa shape index (κ1) is 15.5. The van der Waals surface area contributed by atoms with Gasteiger partial charge in [0.15, 0.2) is 0 Å². The van der Waals surface area contributed by atoms with Gasteiger partial charge in [-0.3, -0.25) is 15.1 Å². The Morgan fingerprint density at radius 2 is 1.79 bits per heavy atom. The van der Waals surface area contributed by atoms with Crippen molar-refractivity contribution in [1.82, 2.24) is 9.97 Å². The normalized spacial score (nSPS) is 10.6. The molecule has 24 heavy (non-hydrogen) atoms. The van der Waals surface area contributed by atoms with Gasteiger partial charge in [0.25, 0.3) is 0 Å². The first-order valence-corrected chi connectivity index (χ1v) is 6.78. The van der Waals surface area contributed by atoms with Gasteiger partial charge in [0, 0.05) is 29.0 Å². The lowest BCUT2D eigenvalue weighted by Gasteiger charge is -2.11. The van der Waals surface area contributed by atoms with Crippen LogP contribution in [0.1, 0.15) is 0 Å². The maximum absolute atomic E-state index is 14.1. The van der Waals surface area contributed by atoms with Crippen LogP contribution >= 0.6 is 0 Å². The molecule has 0 spiro atoms. The Bertz CT molecular complexity index is 947. The molecule has 2 N–H and O–H groups in total. The van der Waals surface area contributed by atoms with E-state index in [4.69, 9.17) is 5.73 Å². The highest BCUT2D eigenvalue weighted by Crippen LogP contribution is 2.37. The minimum absolute atomic E-state index is 0.0128. The number of pyridine rings is 2. The second-order valence-corrected chi connectivity index (χ2v) is 4.88. The van der Waals surface area contributed by atoms with Crippen molar-refractivity contribution < 1.29 is 13.7 Å². The predicted molar refractivity (Wildman–Crippen MR) is 83.9 cm³/mol. The largest absolute Gasteiger partial charge is 0.378 e. The number of rotatable bonds is 3. The smallest absolute Gasteiger partial charge is 0.311 e. The van der Waals surface area contributed by atoms with E-state index < -0.39 is 22.2 Å². The van der Waals surface area contributed by atoms with Gasteiger partial charge >= 0.3 is 5.69 Å². The Labute approximate surface area is 134 Å². The molecule has 6 nitrogen and oxygen atoms in total. The second-order valence-electron chi connectivity index (χ2n) is 4.88. The number of nitro groups is 1. The maximum Gasteiger partial charge on any atom is 0.311 e. The molecule has 8 heteroatoms. The van der Waals surface area contributed by atoms with Crippen LogP contribution in [0.3, 0.4) is 0 Å². The molecule has 0 amide bonds. The number of hydrogen-bond acceptors (Lipinski definition) is 5. The van der Waals surface area contributed by atoms with Crippen LogP contribution in [0.25, 0.3) is 22.4 Å². The molecule has 0 aliphatic carbocycles. The van der Waals surface area contributed by atoms with E-state index in [1.165, 1.54) is 30.5 Å². The van der Waals surface area contributed by atoms with E-state index in [0.29, 0.717) is 0 Å². The Morgan fingerprint density at radius 3 is 2.46 bits per heavy atom. The lowest BCUT2D eigenvalue weighted by molar-refractivity contribution is -0.384. The van der Waals surface area contributed by atoms with Crippen LogP contribution in [0.15, 0.2) is 48.8 Å². The van der Waals surface area contributed by atoms with E-state index in [2.05, 4.69) is 9.97 Å². The Kier molecular flexibility index (Phi) is 3.87. The molecule has 0 fully saturated rings. The average Bonchev–Trinajstić information content (AvgIpc) is 2.55. The van der Waals surface area contributed by atoms with Gasteiger partial charge in [0.05, 0.1) is 16.8 Å².